The summed E-state index contributed by atoms with van der Waals surface area (Å²) in [6.45, 7) is 13.6. The SMILES string of the molecule is CC1(C)[C@@H]2CC[C@H](CNCc3ccccc3S(=O)c3ccccc3CNC[C@H]3CC[C@@H]4C[C@H]3C4(C)C)[C@H]1C2. The molecule has 3 nitrogen and oxygen atoms in total. The molecule has 0 unspecified atom stereocenters. The summed E-state index contributed by atoms with van der Waals surface area (Å²) in [5, 5.41) is 7.53. The second-order valence-corrected chi connectivity index (χ2v) is 15.6. The Morgan fingerprint density at radius 3 is 1.50 bits per heavy atom. The number of fused-ring (bicyclic) bond motifs is 4. The van der Waals surface area contributed by atoms with E-state index in [0.29, 0.717) is 10.8 Å². The van der Waals surface area contributed by atoms with Gasteiger partial charge in [0.15, 0.2) is 0 Å². The molecule has 8 rings (SSSR count). The van der Waals surface area contributed by atoms with E-state index < -0.39 is 10.8 Å². The Morgan fingerprint density at radius 2 is 1.11 bits per heavy atom. The van der Waals surface area contributed by atoms with E-state index in [1.54, 1.807) is 0 Å². The maximum atomic E-state index is 14.0. The van der Waals surface area contributed by atoms with Crippen molar-refractivity contribution in [3.8, 4) is 0 Å². The smallest absolute Gasteiger partial charge is 0.0856 e. The summed E-state index contributed by atoms with van der Waals surface area (Å²) in [7, 11) is -1.19. The highest BCUT2D eigenvalue weighted by molar-refractivity contribution is 7.85. The van der Waals surface area contributed by atoms with Crippen molar-refractivity contribution in [2.24, 2.45) is 46.3 Å². The minimum Gasteiger partial charge on any atom is -0.312 e. The largest absolute Gasteiger partial charge is 0.312 e. The quantitative estimate of drug-likeness (QED) is 0.341. The molecule has 0 heterocycles. The third-order valence-corrected chi connectivity index (χ3v) is 13.4. The fourth-order valence-electron chi connectivity index (χ4n) is 8.98. The van der Waals surface area contributed by atoms with Gasteiger partial charge in [-0.2, -0.15) is 0 Å². The number of rotatable bonds is 10. The van der Waals surface area contributed by atoms with Crippen LogP contribution in [0.15, 0.2) is 58.3 Å². The van der Waals surface area contributed by atoms with Gasteiger partial charge in [-0.15, -0.1) is 0 Å². The summed E-state index contributed by atoms with van der Waals surface area (Å²) >= 11 is 0. The van der Waals surface area contributed by atoms with Crippen molar-refractivity contribution in [3.05, 3.63) is 59.7 Å². The van der Waals surface area contributed by atoms with Crippen molar-refractivity contribution in [3.63, 3.8) is 0 Å². The molecule has 2 aromatic rings. The van der Waals surface area contributed by atoms with Crippen molar-refractivity contribution >= 4 is 10.8 Å². The molecule has 0 aromatic heterocycles. The first-order valence-electron chi connectivity index (χ1n) is 15.3. The second kappa shape index (κ2) is 10.5. The molecule has 6 saturated carbocycles. The topological polar surface area (TPSA) is 41.1 Å². The monoisotopic (exact) mass is 532 g/mol. The lowest BCUT2D eigenvalue weighted by Crippen LogP contribution is -2.54. The molecule has 206 valence electrons. The highest BCUT2D eigenvalue weighted by Gasteiger charge is 2.54. The van der Waals surface area contributed by atoms with Crippen molar-refractivity contribution in [2.45, 2.75) is 89.1 Å². The van der Waals surface area contributed by atoms with Crippen molar-refractivity contribution in [1.82, 2.24) is 10.6 Å². The Kier molecular flexibility index (Phi) is 7.37. The van der Waals surface area contributed by atoms with Crippen molar-refractivity contribution in [1.29, 1.82) is 0 Å². The minimum atomic E-state index is -1.19. The van der Waals surface area contributed by atoms with Gasteiger partial charge in [0.2, 0.25) is 0 Å². The molecule has 6 aliphatic carbocycles. The fourth-order valence-corrected chi connectivity index (χ4v) is 10.4. The van der Waals surface area contributed by atoms with Gasteiger partial charge >= 0.3 is 0 Å². The van der Waals surface area contributed by atoms with E-state index in [9.17, 15) is 4.21 Å². The molecule has 2 N–H and O–H groups in total. The molecule has 4 bridgehead atoms. The van der Waals surface area contributed by atoms with Crippen LogP contribution in [0.1, 0.15) is 77.3 Å². The molecule has 6 atom stereocenters. The highest BCUT2D eigenvalue weighted by atomic mass is 32.2. The van der Waals surface area contributed by atoms with Gasteiger partial charge in [-0.25, -0.2) is 4.21 Å². The van der Waals surface area contributed by atoms with Crippen LogP contribution in [0.25, 0.3) is 0 Å². The molecule has 0 saturated heterocycles. The summed E-state index contributed by atoms with van der Waals surface area (Å²) in [6.07, 6.45) is 8.34. The lowest BCUT2D eigenvalue weighted by atomic mass is 9.45. The standard InChI is InChI=1S/C34H48N2OS/c1-33(2)27-15-13-23(29(33)17-27)19-35-21-25-9-5-7-11-31(25)38(37)32-12-8-6-10-26(32)22-36-20-24-14-16-28-18-30(24)34(28,3)4/h5-12,23-24,27-30,35-36H,13-22H2,1-4H3/t23-,24-,27-,28-,29-,30-/m1/s1. The lowest BCUT2D eigenvalue weighted by Gasteiger charge is -2.60. The predicted octanol–water partition coefficient (Wildman–Crippen LogP) is 7.18. The molecule has 6 aliphatic rings. The van der Waals surface area contributed by atoms with E-state index in [1.807, 2.05) is 12.1 Å². The van der Waals surface area contributed by atoms with E-state index in [4.69, 9.17) is 0 Å². The van der Waals surface area contributed by atoms with E-state index in [0.717, 1.165) is 71.5 Å². The van der Waals surface area contributed by atoms with Crippen LogP contribution in [0.4, 0.5) is 0 Å². The fraction of sp³-hybridized carbons (Fsp3) is 0.647. The van der Waals surface area contributed by atoms with Crippen LogP contribution in [-0.2, 0) is 23.9 Å². The van der Waals surface area contributed by atoms with E-state index in [1.165, 1.54) is 49.7 Å². The molecule has 0 amide bonds. The summed E-state index contributed by atoms with van der Waals surface area (Å²) in [5.74, 6) is 5.17. The Bertz CT molecular complexity index is 1080. The first-order valence-corrected chi connectivity index (χ1v) is 16.4. The van der Waals surface area contributed by atoms with Gasteiger partial charge in [0.25, 0.3) is 0 Å². The molecule has 0 aliphatic heterocycles. The molecule has 4 heteroatoms. The average Bonchev–Trinajstić information content (AvgIpc) is 2.93. The van der Waals surface area contributed by atoms with Gasteiger partial charge in [-0.1, -0.05) is 64.1 Å². The summed E-state index contributed by atoms with van der Waals surface area (Å²) in [4.78, 5) is 1.91. The van der Waals surface area contributed by atoms with Crippen LogP contribution in [0.5, 0.6) is 0 Å². The van der Waals surface area contributed by atoms with Gasteiger partial charge in [-0.3, -0.25) is 0 Å². The van der Waals surface area contributed by atoms with Gasteiger partial charge in [-0.05, 0) is 121 Å². The number of benzene rings is 2. The molecule has 0 spiro atoms. The Morgan fingerprint density at radius 1 is 0.684 bits per heavy atom. The third kappa shape index (κ3) is 4.73. The average molecular weight is 533 g/mol. The third-order valence-electron chi connectivity index (χ3n) is 11.8. The zero-order chi connectivity index (χ0) is 26.5. The van der Waals surface area contributed by atoms with Crippen molar-refractivity contribution in [2.75, 3.05) is 13.1 Å². The number of hydrogen-bond donors (Lipinski definition) is 2. The van der Waals surface area contributed by atoms with Crippen LogP contribution in [0, 0.1) is 46.3 Å². The molecular weight excluding hydrogens is 484 g/mol. The van der Waals surface area contributed by atoms with Crippen molar-refractivity contribution < 1.29 is 4.21 Å². The van der Waals surface area contributed by atoms with E-state index in [2.05, 4.69) is 74.7 Å². The first-order chi connectivity index (χ1) is 18.3. The maximum absolute atomic E-state index is 14.0. The van der Waals surface area contributed by atoms with Gasteiger partial charge in [0, 0.05) is 22.9 Å². The van der Waals surface area contributed by atoms with E-state index >= 15 is 0 Å². The van der Waals surface area contributed by atoms with Gasteiger partial charge in [0.1, 0.15) is 0 Å². The summed E-state index contributed by atoms with van der Waals surface area (Å²) in [6, 6.07) is 16.7. The highest BCUT2D eigenvalue weighted by Crippen LogP contribution is 2.62. The second-order valence-electron chi connectivity index (χ2n) is 14.1. The normalized spacial score (nSPS) is 32.4. The van der Waals surface area contributed by atoms with Gasteiger partial charge in [0.05, 0.1) is 10.8 Å². The minimum absolute atomic E-state index is 0.523. The van der Waals surface area contributed by atoms with Crippen LogP contribution in [0.3, 0.4) is 0 Å². The zero-order valence-electron chi connectivity index (χ0n) is 24.0. The predicted molar refractivity (Wildman–Crippen MR) is 157 cm³/mol. The first kappa shape index (κ1) is 26.7. The molecule has 38 heavy (non-hydrogen) atoms. The summed E-state index contributed by atoms with van der Waals surface area (Å²) in [5.41, 5.74) is 3.38. The number of nitrogens with one attached hydrogen (secondary N) is 2. The molecule has 2 aromatic carbocycles. The summed E-state index contributed by atoms with van der Waals surface area (Å²) < 4.78 is 14.0. The molecule has 0 radical (unpaired) electrons. The van der Waals surface area contributed by atoms with Crippen LogP contribution >= 0.6 is 0 Å². The number of hydrogen-bond acceptors (Lipinski definition) is 3. The van der Waals surface area contributed by atoms with E-state index in [-0.39, 0.29) is 0 Å². The van der Waals surface area contributed by atoms with Crippen LogP contribution in [-0.4, -0.2) is 17.3 Å². The Hall–Kier alpha value is -1.49. The Labute approximate surface area is 233 Å². The van der Waals surface area contributed by atoms with Gasteiger partial charge < -0.3 is 10.6 Å². The molecular formula is C34H48N2OS. The Balaban J connectivity index is 1.08. The maximum Gasteiger partial charge on any atom is 0.0856 e. The lowest BCUT2D eigenvalue weighted by molar-refractivity contribution is -0.103. The van der Waals surface area contributed by atoms with Crippen LogP contribution < -0.4 is 10.6 Å². The molecule has 6 fully saturated rings. The zero-order valence-corrected chi connectivity index (χ0v) is 24.8. The van der Waals surface area contributed by atoms with Crippen LogP contribution in [0.2, 0.25) is 0 Å².